The molecule has 3 aromatic carbocycles. The summed E-state index contributed by atoms with van der Waals surface area (Å²) in [6, 6.07) is 30.1. The third-order valence-electron chi connectivity index (χ3n) is 5.51. The number of benzene rings is 3. The first-order valence-electron chi connectivity index (χ1n) is 10.9. The highest BCUT2D eigenvalue weighted by Gasteiger charge is 2.22. The van der Waals surface area contributed by atoms with Crippen molar-refractivity contribution in [2.24, 2.45) is 0 Å². The number of hydrogen-bond acceptors (Lipinski definition) is 4. The van der Waals surface area contributed by atoms with Crippen molar-refractivity contribution in [3.8, 4) is 0 Å². The van der Waals surface area contributed by atoms with Crippen molar-refractivity contribution < 1.29 is 4.79 Å². The molecule has 0 aliphatic rings. The minimum absolute atomic E-state index is 0.0808. The van der Waals surface area contributed by atoms with Crippen LogP contribution in [0.1, 0.15) is 32.7 Å². The maximum absolute atomic E-state index is 13.6. The lowest BCUT2D eigenvalue weighted by Gasteiger charge is -2.20. The van der Waals surface area contributed by atoms with E-state index in [4.69, 9.17) is 4.98 Å². The second kappa shape index (κ2) is 9.35. The van der Waals surface area contributed by atoms with E-state index < -0.39 is 0 Å². The molecule has 0 fully saturated rings. The maximum Gasteiger partial charge on any atom is 0.260 e. The molecular weight excluding hydrogens is 426 g/mol. The lowest BCUT2D eigenvalue weighted by molar-refractivity contribution is 0.0985. The van der Waals surface area contributed by atoms with Gasteiger partial charge in [-0.2, -0.15) is 0 Å². The zero-order valence-electron chi connectivity index (χ0n) is 18.3. The number of carbonyl (C=O) groups excluding carboxylic acids is 1. The highest BCUT2D eigenvalue weighted by Crippen LogP contribution is 2.31. The number of fused-ring (bicyclic) bond motifs is 1. The Morgan fingerprint density at radius 3 is 2.39 bits per heavy atom. The van der Waals surface area contributed by atoms with Gasteiger partial charge in [0.2, 0.25) is 0 Å². The molecule has 33 heavy (non-hydrogen) atoms. The fourth-order valence-electron chi connectivity index (χ4n) is 3.77. The smallest absolute Gasteiger partial charge is 0.260 e. The van der Waals surface area contributed by atoms with E-state index in [1.54, 1.807) is 11.1 Å². The Kier molecular flexibility index (Phi) is 5.96. The van der Waals surface area contributed by atoms with Crippen molar-refractivity contribution in [1.29, 1.82) is 0 Å². The number of nitrogens with zero attached hydrogens (tertiary/aromatic N) is 3. The summed E-state index contributed by atoms with van der Waals surface area (Å²) in [5, 5.41) is 0.680. The summed E-state index contributed by atoms with van der Waals surface area (Å²) in [6.45, 7) is 2.43. The number of carbonyl (C=O) groups is 1. The Balaban J connectivity index is 1.45. The monoisotopic (exact) mass is 449 g/mol. The quantitative estimate of drug-likeness (QED) is 0.300. The van der Waals surface area contributed by atoms with Gasteiger partial charge in [0, 0.05) is 11.8 Å². The largest absolute Gasteiger partial charge is 0.278 e. The summed E-state index contributed by atoms with van der Waals surface area (Å²) >= 11 is 1.53. The van der Waals surface area contributed by atoms with Gasteiger partial charge in [0.1, 0.15) is 0 Å². The van der Waals surface area contributed by atoms with Crippen LogP contribution < -0.4 is 4.90 Å². The van der Waals surface area contributed by atoms with Crippen LogP contribution in [0.4, 0.5) is 5.13 Å². The number of amides is 1. The maximum atomic E-state index is 13.6. The molecule has 0 saturated heterocycles. The van der Waals surface area contributed by atoms with Crippen LogP contribution in [-0.2, 0) is 13.0 Å². The van der Waals surface area contributed by atoms with Crippen molar-refractivity contribution in [2.45, 2.75) is 19.9 Å². The Labute approximate surface area is 197 Å². The molecule has 0 atom stereocenters. The van der Waals surface area contributed by atoms with Gasteiger partial charge in [0.25, 0.3) is 5.91 Å². The topological polar surface area (TPSA) is 46.1 Å². The number of rotatable bonds is 6. The highest BCUT2D eigenvalue weighted by molar-refractivity contribution is 7.22. The lowest BCUT2D eigenvalue weighted by Crippen LogP contribution is -2.30. The second-order valence-corrected chi connectivity index (χ2v) is 9.05. The number of anilines is 1. The van der Waals surface area contributed by atoms with Crippen LogP contribution in [0, 0.1) is 6.92 Å². The van der Waals surface area contributed by atoms with E-state index in [1.165, 1.54) is 28.0 Å². The van der Waals surface area contributed by atoms with Gasteiger partial charge < -0.3 is 0 Å². The van der Waals surface area contributed by atoms with Gasteiger partial charge in [-0.1, -0.05) is 65.9 Å². The van der Waals surface area contributed by atoms with Crippen molar-refractivity contribution in [2.75, 3.05) is 4.90 Å². The van der Waals surface area contributed by atoms with Crippen LogP contribution >= 0.6 is 11.3 Å². The van der Waals surface area contributed by atoms with E-state index in [0.717, 1.165) is 22.3 Å². The minimum atomic E-state index is -0.0808. The number of hydrogen-bond donors (Lipinski definition) is 0. The fraction of sp³-hybridized carbons (Fsp3) is 0.107. The Bertz CT molecular complexity index is 1380. The van der Waals surface area contributed by atoms with Gasteiger partial charge in [0.05, 0.1) is 22.5 Å². The van der Waals surface area contributed by atoms with Crippen molar-refractivity contribution in [1.82, 2.24) is 9.97 Å². The molecule has 0 radical (unpaired) electrons. The Morgan fingerprint density at radius 2 is 1.64 bits per heavy atom. The molecule has 4 nitrogen and oxygen atoms in total. The number of aromatic nitrogens is 2. The molecule has 0 bridgehead atoms. The third-order valence-corrected chi connectivity index (χ3v) is 6.55. The SMILES string of the molecule is Cc1ccc2nc(N(Cc3ccccn3)C(=O)c3ccc(Cc4ccccc4)cc3)sc2c1. The van der Waals surface area contributed by atoms with E-state index in [-0.39, 0.29) is 5.91 Å². The summed E-state index contributed by atoms with van der Waals surface area (Å²) in [6.07, 6.45) is 2.59. The molecule has 162 valence electrons. The number of thiazole rings is 1. The zero-order chi connectivity index (χ0) is 22.6. The van der Waals surface area contributed by atoms with Crippen LogP contribution in [0.2, 0.25) is 0 Å². The highest BCUT2D eigenvalue weighted by atomic mass is 32.1. The lowest BCUT2D eigenvalue weighted by atomic mass is 10.0. The predicted octanol–water partition coefficient (Wildman–Crippen LogP) is 6.44. The molecule has 5 heteroatoms. The number of aryl methyl sites for hydroxylation is 1. The fourth-order valence-corrected chi connectivity index (χ4v) is 4.83. The molecule has 0 N–H and O–H groups in total. The average Bonchev–Trinajstić information content (AvgIpc) is 3.27. The van der Waals surface area contributed by atoms with Crippen molar-refractivity contribution in [3.05, 3.63) is 125 Å². The zero-order valence-corrected chi connectivity index (χ0v) is 19.1. The van der Waals surface area contributed by atoms with E-state index in [2.05, 4.69) is 30.1 Å². The average molecular weight is 450 g/mol. The van der Waals surface area contributed by atoms with Crippen molar-refractivity contribution >= 4 is 32.6 Å². The van der Waals surface area contributed by atoms with Gasteiger partial charge in [-0.15, -0.1) is 0 Å². The van der Waals surface area contributed by atoms with Crippen LogP contribution in [0.5, 0.6) is 0 Å². The molecule has 0 aliphatic carbocycles. The number of pyridine rings is 1. The van der Waals surface area contributed by atoms with Crippen LogP contribution in [0.15, 0.2) is 97.2 Å². The van der Waals surface area contributed by atoms with Crippen molar-refractivity contribution in [3.63, 3.8) is 0 Å². The normalized spacial score (nSPS) is 10.9. The first-order chi connectivity index (χ1) is 16.2. The minimum Gasteiger partial charge on any atom is -0.278 e. The van der Waals surface area contributed by atoms with E-state index in [9.17, 15) is 4.79 Å². The van der Waals surface area contributed by atoms with Crippen LogP contribution in [-0.4, -0.2) is 15.9 Å². The molecule has 0 aliphatic heterocycles. The first kappa shape index (κ1) is 21.0. The molecule has 0 unspecified atom stereocenters. The van der Waals surface area contributed by atoms with E-state index in [0.29, 0.717) is 17.2 Å². The summed E-state index contributed by atoms with van der Waals surface area (Å²) < 4.78 is 1.07. The van der Waals surface area contributed by atoms with Gasteiger partial charge in [-0.3, -0.25) is 14.7 Å². The molecule has 5 rings (SSSR count). The standard InChI is InChI=1S/C28H23N3OS/c1-20-10-15-25-26(17-20)33-28(30-25)31(19-24-9-5-6-16-29-24)27(32)23-13-11-22(12-14-23)18-21-7-3-2-4-8-21/h2-17H,18-19H2,1H3. The molecular formula is C28H23N3OS. The summed E-state index contributed by atoms with van der Waals surface area (Å²) in [4.78, 5) is 24.6. The van der Waals surface area contributed by atoms with Gasteiger partial charge in [-0.05, 0) is 66.4 Å². The molecule has 2 heterocycles. The Morgan fingerprint density at radius 1 is 0.879 bits per heavy atom. The second-order valence-electron chi connectivity index (χ2n) is 8.04. The predicted molar refractivity (Wildman–Crippen MR) is 135 cm³/mol. The molecule has 0 spiro atoms. The third kappa shape index (κ3) is 4.83. The summed E-state index contributed by atoms with van der Waals surface area (Å²) in [5.41, 5.74) is 5.95. The molecule has 0 saturated carbocycles. The van der Waals surface area contributed by atoms with Gasteiger partial charge in [0.15, 0.2) is 5.13 Å². The van der Waals surface area contributed by atoms with Gasteiger partial charge >= 0.3 is 0 Å². The van der Waals surface area contributed by atoms with Gasteiger partial charge in [-0.25, -0.2) is 4.98 Å². The molecule has 1 amide bonds. The van der Waals surface area contributed by atoms with E-state index >= 15 is 0 Å². The van der Waals surface area contributed by atoms with Crippen LogP contribution in [0.25, 0.3) is 10.2 Å². The van der Waals surface area contributed by atoms with E-state index in [1.807, 2.05) is 72.8 Å². The molecule has 2 aromatic heterocycles. The first-order valence-corrected chi connectivity index (χ1v) is 11.7. The summed E-state index contributed by atoms with van der Waals surface area (Å²) in [7, 11) is 0. The summed E-state index contributed by atoms with van der Waals surface area (Å²) in [5.74, 6) is -0.0808. The molecule has 5 aromatic rings. The van der Waals surface area contributed by atoms with Crippen LogP contribution in [0.3, 0.4) is 0 Å². The Hall–Kier alpha value is -3.83.